The van der Waals surface area contributed by atoms with Gasteiger partial charge in [0.1, 0.15) is 11.9 Å². The molecule has 2 aromatic carbocycles. The van der Waals surface area contributed by atoms with E-state index >= 15 is 0 Å². The number of carbonyl (C=O) groups excluding carboxylic acids is 2. The van der Waals surface area contributed by atoms with Gasteiger partial charge in [-0.25, -0.2) is 12.8 Å². The Morgan fingerprint density at radius 3 is 2.31 bits per heavy atom. The number of rotatable bonds is 7. The van der Waals surface area contributed by atoms with Crippen molar-refractivity contribution in [3.8, 4) is 0 Å². The lowest BCUT2D eigenvalue weighted by molar-refractivity contribution is -0.125. The third-order valence-corrected chi connectivity index (χ3v) is 5.33. The highest BCUT2D eigenvalue weighted by Crippen LogP contribution is 2.13. The van der Waals surface area contributed by atoms with Crippen molar-refractivity contribution in [2.75, 3.05) is 11.1 Å². The topological polar surface area (TPSA) is 92.3 Å². The first-order valence-electron chi connectivity index (χ1n) is 7.92. The molecule has 2 rings (SSSR count). The molecule has 2 N–H and O–H groups in total. The molecule has 8 heteroatoms. The Labute approximate surface area is 151 Å². The molecule has 2 amide bonds. The van der Waals surface area contributed by atoms with E-state index in [9.17, 15) is 22.4 Å². The minimum absolute atomic E-state index is 0.00487. The van der Waals surface area contributed by atoms with Crippen molar-refractivity contribution in [2.24, 2.45) is 0 Å². The van der Waals surface area contributed by atoms with Gasteiger partial charge < -0.3 is 10.6 Å². The zero-order chi connectivity index (χ0) is 19.2. The van der Waals surface area contributed by atoms with Crippen molar-refractivity contribution in [1.82, 2.24) is 5.32 Å². The molecule has 26 heavy (non-hydrogen) atoms. The molecule has 0 saturated heterocycles. The largest absolute Gasteiger partial charge is 0.345 e. The van der Waals surface area contributed by atoms with Gasteiger partial charge >= 0.3 is 0 Å². The van der Waals surface area contributed by atoms with E-state index in [4.69, 9.17) is 0 Å². The van der Waals surface area contributed by atoms with Gasteiger partial charge in [0.05, 0.1) is 16.3 Å². The zero-order valence-electron chi connectivity index (χ0n) is 14.1. The van der Waals surface area contributed by atoms with Crippen LogP contribution in [0.3, 0.4) is 0 Å². The van der Waals surface area contributed by atoms with Crippen LogP contribution >= 0.6 is 0 Å². The molecule has 0 heterocycles. The number of anilines is 1. The van der Waals surface area contributed by atoms with E-state index in [1.54, 1.807) is 24.3 Å². The summed E-state index contributed by atoms with van der Waals surface area (Å²) in [5.41, 5.74) is 0.00487. The smallest absolute Gasteiger partial charge is 0.246 e. The molecule has 0 aliphatic heterocycles. The van der Waals surface area contributed by atoms with Gasteiger partial charge in [0.25, 0.3) is 0 Å². The highest BCUT2D eigenvalue weighted by Gasteiger charge is 2.20. The Bertz CT molecular complexity index is 885. The van der Waals surface area contributed by atoms with Crippen LogP contribution in [-0.2, 0) is 19.4 Å². The summed E-state index contributed by atoms with van der Waals surface area (Å²) in [5, 5.41) is 4.77. The third-order valence-electron chi connectivity index (χ3n) is 3.60. The number of amides is 2. The fourth-order valence-electron chi connectivity index (χ4n) is 2.16. The van der Waals surface area contributed by atoms with Crippen LogP contribution in [0.2, 0.25) is 0 Å². The van der Waals surface area contributed by atoms with Crippen molar-refractivity contribution in [3.63, 3.8) is 0 Å². The SMILES string of the molecule is CC(NC(=O)CCS(=O)(=O)c1ccccc1)C(=O)Nc1ccccc1F. The number of carbonyl (C=O) groups is 2. The number of sulfone groups is 1. The van der Waals surface area contributed by atoms with Gasteiger partial charge in [0.2, 0.25) is 11.8 Å². The zero-order valence-corrected chi connectivity index (χ0v) is 14.9. The average Bonchev–Trinajstić information content (AvgIpc) is 2.62. The first-order valence-corrected chi connectivity index (χ1v) is 9.57. The van der Waals surface area contributed by atoms with Crippen molar-refractivity contribution >= 4 is 27.3 Å². The Morgan fingerprint density at radius 1 is 1.04 bits per heavy atom. The maximum absolute atomic E-state index is 13.5. The summed E-state index contributed by atoms with van der Waals surface area (Å²) in [5.74, 6) is -2.15. The summed E-state index contributed by atoms with van der Waals surface area (Å²) in [4.78, 5) is 24.1. The van der Waals surface area contributed by atoms with Crippen LogP contribution in [0.5, 0.6) is 0 Å². The third kappa shape index (κ3) is 5.38. The van der Waals surface area contributed by atoms with Gasteiger partial charge in [-0.15, -0.1) is 0 Å². The van der Waals surface area contributed by atoms with E-state index in [0.29, 0.717) is 0 Å². The van der Waals surface area contributed by atoms with E-state index in [-0.39, 0.29) is 22.8 Å². The van der Waals surface area contributed by atoms with E-state index in [0.717, 1.165) is 0 Å². The second-order valence-electron chi connectivity index (χ2n) is 5.64. The molecule has 2 aromatic rings. The van der Waals surface area contributed by atoms with Gasteiger partial charge in [-0.1, -0.05) is 30.3 Å². The van der Waals surface area contributed by atoms with Crippen molar-refractivity contribution in [2.45, 2.75) is 24.3 Å². The predicted octanol–water partition coefficient (Wildman–Crippen LogP) is 2.13. The summed E-state index contributed by atoms with van der Waals surface area (Å²) in [6, 6.07) is 12.5. The standard InChI is InChI=1S/C18H19FN2O4S/c1-13(18(23)21-16-10-6-5-9-15(16)19)20-17(22)11-12-26(24,25)14-7-3-2-4-8-14/h2-10,13H,11-12H2,1H3,(H,20,22)(H,21,23). The van der Waals surface area contributed by atoms with Crippen LogP contribution < -0.4 is 10.6 Å². The van der Waals surface area contributed by atoms with Crippen LogP contribution in [0.1, 0.15) is 13.3 Å². The molecule has 0 radical (unpaired) electrons. The van der Waals surface area contributed by atoms with E-state index < -0.39 is 33.5 Å². The summed E-state index contributed by atoms with van der Waals surface area (Å²) in [7, 11) is -3.58. The number of benzene rings is 2. The molecule has 0 aliphatic rings. The van der Waals surface area contributed by atoms with Gasteiger partial charge in [-0.2, -0.15) is 0 Å². The molecule has 0 bridgehead atoms. The normalized spacial score (nSPS) is 12.2. The van der Waals surface area contributed by atoms with Crippen LogP contribution in [-0.4, -0.2) is 32.0 Å². The average molecular weight is 378 g/mol. The Kier molecular flexibility index (Phi) is 6.46. The van der Waals surface area contributed by atoms with Crippen LogP contribution in [0, 0.1) is 5.82 Å². The van der Waals surface area contributed by atoms with Crippen molar-refractivity contribution in [1.29, 1.82) is 0 Å². The lowest BCUT2D eigenvalue weighted by Crippen LogP contribution is -2.42. The quantitative estimate of drug-likeness (QED) is 0.772. The van der Waals surface area contributed by atoms with E-state index in [2.05, 4.69) is 10.6 Å². The lowest BCUT2D eigenvalue weighted by atomic mass is 10.2. The highest BCUT2D eigenvalue weighted by atomic mass is 32.2. The Balaban J connectivity index is 1.87. The molecule has 6 nitrogen and oxygen atoms in total. The van der Waals surface area contributed by atoms with E-state index in [1.165, 1.54) is 37.3 Å². The van der Waals surface area contributed by atoms with Gasteiger partial charge in [-0.05, 0) is 31.2 Å². The molecule has 1 unspecified atom stereocenters. The summed E-state index contributed by atoms with van der Waals surface area (Å²) in [6.07, 6.45) is -0.283. The summed E-state index contributed by atoms with van der Waals surface area (Å²) < 4.78 is 37.8. The highest BCUT2D eigenvalue weighted by molar-refractivity contribution is 7.91. The first kappa shape index (κ1) is 19.6. The molecule has 0 aliphatic carbocycles. The number of hydrogen-bond donors (Lipinski definition) is 2. The maximum atomic E-state index is 13.5. The summed E-state index contributed by atoms with van der Waals surface area (Å²) in [6.45, 7) is 1.43. The molecule has 0 saturated carbocycles. The predicted molar refractivity (Wildman–Crippen MR) is 95.7 cm³/mol. The van der Waals surface area contributed by atoms with Gasteiger partial charge in [-0.3, -0.25) is 9.59 Å². The lowest BCUT2D eigenvalue weighted by Gasteiger charge is -2.14. The monoisotopic (exact) mass is 378 g/mol. The molecule has 0 fully saturated rings. The summed E-state index contributed by atoms with van der Waals surface area (Å²) >= 11 is 0. The Hall–Kier alpha value is -2.74. The van der Waals surface area contributed by atoms with Gasteiger partial charge in [0.15, 0.2) is 9.84 Å². The maximum Gasteiger partial charge on any atom is 0.246 e. The molecular weight excluding hydrogens is 359 g/mol. The molecule has 0 spiro atoms. The molecule has 0 aromatic heterocycles. The number of halogens is 1. The second-order valence-corrected chi connectivity index (χ2v) is 7.75. The fourth-order valence-corrected chi connectivity index (χ4v) is 3.42. The van der Waals surface area contributed by atoms with Crippen molar-refractivity contribution < 1.29 is 22.4 Å². The molecular formula is C18H19FN2O4S. The number of hydrogen-bond acceptors (Lipinski definition) is 4. The van der Waals surface area contributed by atoms with Crippen LogP contribution in [0.15, 0.2) is 59.5 Å². The minimum atomic E-state index is -3.58. The van der Waals surface area contributed by atoms with Gasteiger partial charge in [0, 0.05) is 6.42 Å². The second kappa shape index (κ2) is 8.57. The van der Waals surface area contributed by atoms with Crippen molar-refractivity contribution in [3.05, 3.63) is 60.4 Å². The number of para-hydroxylation sites is 1. The Morgan fingerprint density at radius 2 is 1.65 bits per heavy atom. The van der Waals surface area contributed by atoms with E-state index in [1.807, 2.05) is 0 Å². The van der Waals surface area contributed by atoms with Crippen LogP contribution in [0.25, 0.3) is 0 Å². The van der Waals surface area contributed by atoms with Crippen LogP contribution in [0.4, 0.5) is 10.1 Å². The minimum Gasteiger partial charge on any atom is -0.345 e. The number of nitrogens with one attached hydrogen (secondary N) is 2. The molecule has 1 atom stereocenters. The molecule has 138 valence electrons. The first-order chi connectivity index (χ1) is 12.3. The fraction of sp³-hybridized carbons (Fsp3) is 0.222.